The molecule has 0 bridgehead atoms. The average Bonchev–Trinajstić information content (AvgIpc) is 2.66. The van der Waals surface area contributed by atoms with Crippen molar-refractivity contribution in [2.45, 2.75) is 38.0 Å². The third kappa shape index (κ3) is 3.26. The Morgan fingerprint density at radius 1 is 1.41 bits per heavy atom. The SMILES string of the molecule is C[C@H](Nc1ncnc(N)c1C#N)c1nc2cccc(Cl)c2c(=O)n1[C@H]1C[C@@H](O)C1. The van der Waals surface area contributed by atoms with Gasteiger partial charge in [-0.15, -0.1) is 0 Å². The Kier molecular flexibility index (Phi) is 4.82. The van der Waals surface area contributed by atoms with Crippen molar-refractivity contribution >= 4 is 34.1 Å². The largest absolute Gasteiger partial charge is 0.393 e. The zero-order valence-corrected chi connectivity index (χ0v) is 16.3. The van der Waals surface area contributed by atoms with Crippen LogP contribution in [0.5, 0.6) is 0 Å². The molecular weight excluding hydrogens is 394 g/mol. The summed E-state index contributed by atoms with van der Waals surface area (Å²) >= 11 is 6.26. The quantitative estimate of drug-likeness (QED) is 0.592. The molecule has 0 aliphatic heterocycles. The van der Waals surface area contributed by atoms with Crippen LogP contribution in [0.3, 0.4) is 0 Å². The Morgan fingerprint density at radius 2 is 2.17 bits per heavy atom. The molecule has 0 saturated heterocycles. The van der Waals surface area contributed by atoms with Crippen molar-refractivity contribution in [2.75, 3.05) is 11.1 Å². The van der Waals surface area contributed by atoms with Gasteiger partial charge in [-0.05, 0) is 31.9 Å². The number of nitrogens with zero attached hydrogens (tertiary/aromatic N) is 5. The number of rotatable bonds is 4. The van der Waals surface area contributed by atoms with Gasteiger partial charge in [-0.2, -0.15) is 5.26 Å². The number of aromatic nitrogens is 4. The summed E-state index contributed by atoms with van der Waals surface area (Å²) in [5.41, 5.74) is 6.10. The second-order valence-corrected chi connectivity index (χ2v) is 7.43. The first kappa shape index (κ1) is 19.1. The molecule has 1 aromatic carbocycles. The standard InChI is InChI=1S/C19H18ClN7O2/c1-9(25-17-12(7-21)16(22)23-8-24-17)18-26-14-4-2-3-13(20)15(14)19(29)27(18)10-5-11(28)6-10/h2-4,8-11,28H,5-6H2,1H3,(H3,22,23,24,25)/t9-,10-,11+/m0/s1. The van der Waals surface area contributed by atoms with Crippen LogP contribution in [0.4, 0.5) is 11.6 Å². The minimum absolute atomic E-state index is 0.0648. The zero-order chi connectivity index (χ0) is 20.7. The molecule has 1 atom stereocenters. The molecule has 0 radical (unpaired) electrons. The van der Waals surface area contributed by atoms with Crippen LogP contribution < -0.4 is 16.6 Å². The number of benzene rings is 1. The minimum Gasteiger partial charge on any atom is -0.393 e. The van der Waals surface area contributed by atoms with Gasteiger partial charge in [0.15, 0.2) is 0 Å². The fourth-order valence-electron chi connectivity index (χ4n) is 3.54. The summed E-state index contributed by atoms with van der Waals surface area (Å²) in [5, 5.41) is 22.9. The Morgan fingerprint density at radius 3 is 2.86 bits per heavy atom. The van der Waals surface area contributed by atoms with Gasteiger partial charge in [0.05, 0.1) is 28.1 Å². The van der Waals surface area contributed by atoms with E-state index in [4.69, 9.17) is 17.3 Å². The molecule has 0 amide bonds. The van der Waals surface area contributed by atoms with Crippen molar-refractivity contribution in [3.05, 3.63) is 51.3 Å². The Bertz CT molecular complexity index is 1200. The number of aliphatic hydroxyl groups is 1. The third-order valence-electron chi connectivity index (χ3n) is 5.09. The van der Waals surface area contributed by atoms with Crippen molar-refractivity contribution in [1.82, 2.24) is 19.5 Å². The van der Waals surface area contributed by atoms with Crippen molar-refractivity contribution in [1.29, 1.82) is 5.26 Å². The Hall–Kier alpha value is -3.22. The zero-order valence-electron chi connectivity index (χ0n) is 15.5. The molecule has 29 heavy (non-hydrogen) atoms. The van der Waals surface area contributed by atoms with Gasteiger partial charge < -0.3 is 16.2 Å². The van der Waals surface area contributed by atoms with E-state index in [1.807, 2.05) is 13.0 Å². The van der Waals surface area contributed by atoms with Crippen LogP contribution in [0.25, 0.3) is 10.9 Å². The molecule has 1 aliphatic rings. The highest BCUT2D eigenvalue weighted by atomic mass is 35.5. The summed E-state index contributed by atoms with van der Waals surface area (Å²) in [4.78, 5) is 25.9. The van der Waals surface area contributed by atoms with Crippen LogP contribution >= 0.6 is 11.6 Å². The highest BCUT2D eigenvalue weighted by molar-refractivity contribution is 6.35. The number of fused-ring (bicyclic) bond motifs is 1. The molecule has 1 fully saturated rings. The average molecular weight is 412 g/mol. The first-order chi connectivity index (χ1) is 13.9. The van der Waals surface area contributed by atoms with E-state index in [1.54, 1.807) is 22.8 Å². The van der Waals surface area contributed by atoms with Gasteiger partial charge in [0.1, 0.15) is 35.4 Å². The molecule has 10 heteroatoms. The molecule has 1 aliphatic carbocycles. The summed E-state index contributed by atoms with van der Waals surface area (Å²) < 4.78 is 1.58. The lowest BCUT2D eigenvalue weighted by Crippen LogP contribution is -2.40. The predicted molar refractivity (Wildman–Crippen MR) is 108 cm³/mol. The maximum absolute atomic E-state index is 13.3. The molecule has 3 aromatic rings. The minimum atomic E-state index is -0.481. The molecular formula is C19H18ClN7O2. The second kappa shape index (κ2) is 7.31. The highest BCUT2D eigenvalue weighted by Crippen LogP contribution is 2.34. The van der Waals surface area contributed by atoms with Gasteiger partial charge in [0.25, 0.3) is 5.56 Å². The summed E-state index contributed by atoms with van der Waals surface area (Å²) in [6.07, 6.45) is 1.73. The van der Waals surface area contributed by atoms with Gasteiger partial charge in [0.2, 0.25) is 0 Å². The normalized spacial score (nSPS) is 19.4. The van der Waals surface area contributed by atoms with E-state index in [9.17, 15) is 15.2 Å². The topological polar surface area (TPSA) is 143 Å². The molecule has 4 N–H and O–H groups in total. The fraction of sp³-hybridized carbons (Fsp3) is 0.316. The van der Waals surface area contributed by atoms with Crippen molar-refractivity contribution in [3.63, 3.8) is 0 Å². The van der Waals surface area contributed by atoms with Crippen LogP contribution in [0, 0.1) is 11.3 Å². The van der Waals surface area contributed by atoms with Gasteiger partial charge in [-0.25, -0.2) is 15.0 Å². The number of anilines is 2. The highest BCUT2D eigenvalue weighted by Gasteiger charge is 2.33. The molecule has 148 valence electrons. The number of halogens is 1. The van der Waals surface area contributed by atoms with E-state index < -0.39 is 12.1 Å². The summed E-state index contributed by atoms with van der Waals surface area (Å²) in [5.74, 6) is 0.783. The van der Waals surface area contributed by atoms with E-state index in [2.05, 4.69) is 20.3 Å². The molecule has 2 aromatic heterocycles. The molecule has 9 nitrogen and oxygen atoms in total. The number of aliphatic hydroxyl groups excluding tert-OH is 1. The van der Waals surface area contributed by atoms with E-state index in [0.29, 0.717) is 34.6 Å². The van der Waals surface area contributed by atoms with Crippen LogP contribution in [0.1, 0.15) is 43.2 Å². The van der Waals surface area contributed by atoms with Crippen LogP contribution in [-0.4, -0.2) is 30.7 Å². The van der Waals surface area contributed by atoms with Gasteiger partial charge in [-0.3, -0.25) is 9.36 Å². The van der Waals surface area contributed by atoms with E-state index >= 15 is 0 Å². The maximum Gasteiger partial charge on any atom is 0.263 e. The number of hydrogen-bond acceptors (Lipinski definition) is 8. The predicted octanol–water partition coefficient (Wildman–Crippen LogP) is 2.16. The van der Waals surface area contributed by atoms with Crippen LogP contribution in [0.15, 0.2) is 29.3 Å². The molecule has 2 heterocycles. The van der Waals surface area contributed by atoms with E-state index in [-0.39, 0.29) is 28.8 Å². The Labute approximate surface area is 170 Å². The van der Waals surface area contributed by atoms with Crippen molar-refractivity contribution in [3.8, 4) is 6.07 Å². The van der Waals surface area contributed by atoms with Gasteiger partial charge in [0, 0.05) is 6.04 Å². The van der Waals surface area contributed by atoms with Crippen LogP contribution in [-0.2, 0) is 0 Å². The second-order valence-electron chi connectivity index (χ2n) is 7.02. The summed E-state index contributed by atoms with van der Waals surface area (Å²) in [6, 6.07) is 6.42. The van der Waals surface area contributed by atoms with Gasteiger partial charge in [-0.1, -0.05) is 17.7 Å². The monoisotopic (exact) mass is 411 g/mol. The molecule has 0 unspecified atom stereocenters. The van der Waals surface area contributed by atoms with E-state index in [1.165, 1.54) is 6.33 Å². The molecule has 0 spiro atoms. The number of nitriles is 1. The summed E-state index contributed by atoms with van der Waals surface area (Å²) in [6.45, 7) is 1.81. The number of nitrogen functional groups attached to an aromatic ring is 1. The smallest absolute Gasteiger partial charge is 0.263 e. The molecule has 1 saturated carbocycles. The lowest BCUT2D eigenvalue weighted by Gasteiger charge is -2.35. The maximum atomic E-state index is 13.3. The first-order valence-corrected chi connectivity index (χ1v) is 9.44. The number of hydrogen-bond donors (Lipinski definition) is 3. The van der Waals surface area contributed by atoms with Gasteiger partial charge >= 0.3 is 0 Å². The van der Waals surface area contributed by atoms with Crippen molar-refractivity contribution in [2.24, 2.45) is 0 Å². The Balaban J connectivity index is 1.84. The van der Waals surface area contributed by atoms with Crippen LogP contribution in [0.2, 0.25) is 5.02 Å². The first-order valence-electron chi connectivity index (χ1n) is 9.06. The fourth-order valence-corrected chi connectivity index (χ4v) is 3.79. The lowest BCUT2D eigenvalue weighted by atomic mass is 9.89. The number of nitrogens with two attached hydrogens (primary N) is 1. The summed E-state index contributed by atoms with van der Waals surface area (Å²) in [7, 11) is 0. The van der Waals surface area contributed by atoms with E-state index in [0.717, 1.165) is 0 Å². The lowest BCUT2D eigenvalue weighted by molar-refractivity contribution is 0.0454. The third-order valence-corrected chi connectivity index (χ3v) is 5.40. The number of nitrogens with one attached hydrogen (secondary N) is 1. The molecule has 4 rings (SSSR count). The van der Waals surface area contributed by atoms with Crippen molar-refractivity contribution < 1.29 is 5.11 Å².